The summed E-state index contributed by atoms with van der Waals surface area (Å²) < 4.78 is 32.7. The van der Waals surface area contributed by atoms with Crippen LogP contribution in [0.2, 0.25) is 0 Å². The summed E-state index contributed by atoms with van der Waals surface area (Å²) in [6.07, 6.45) is 3.06. The number of aryl methyl sites for hydroxylation is 1. The molecule has 0 unspecified atom stereocenters. The van der Waals surface area contributed by atoms with Crippen molar-refractivity contribution in [3.63, 3.8) is 0 Å². The summed E-state index contributed by atoms with van der Waals surface area (Å²) >= 11 is 0. The second-order valence-corrected chi connectivity index (χ2v) is 8.11. The first-order valence-electron chi connectivity index (χ1n) is 8.40. The average molecular weight is 340 g/mol. The van der Waals surface area contributed by atoms with Gasteiger partial charge in [-0.1, -0.05) is 24.6 Å². The number of nitrogens with zero attached hydrogens (tertiary/aromatic N) is 1. The maximum absolute atomic E-state index is 12.2. The highest BCUT2D eigenvalue weighted by Crippen LogP contribution is 2.13. The lowest BCUT2D eigenvalue weighted by Crippen LogP contribution is -2.48. The molecule has 130 valence electrons. The highest BCUT2D eigenvalue weighted by molar-refractivity contribution is 7.89. The van der Waals surface area contributed by atoms with E-state index in [1.54, 1.807) is 0 Å². The van der Waals surface area contributed by atoms with E-state index in [9.17, 15) is 8.42 Å². The maximum atomic E-state index is 12.2. The minimum Gasteiger partial charge on any atom is -0.492 e. The van der Waals surface area contributed by atoms with Gasteiger partial charge in [0.15, 0.2) is 0 Å². The molecule has 0 aromatic heterocycles. The summed E-state index contributed by atoms with van der Waals surface area (Å²) in [5, 5.41) is 0. The van der Waals surface area contributed by atoms with Gasteiger partial charge in [0.1, 0.15) is 12.4 Å². The van der Waals surface area contributed by atoms with Gasteiger partial charge in [0, 0.05) is 12.6 Å². The van der Waals surface area contributed by atoms with Crippen LogP contribution in [0.1, 0.15) is 31.7 Å². The molecular weight excluding hydrogens is 312 g/mol. The zero-order valence-corrected chi connectivity index (χ0v) is 14.9. The van der Waals surface area contributed by atoms with Gasteiger partial charge in [-0.05, 0) is 51.4 Å². The standard InChI is InChI=1S/C17H28N2O3S/c1-3-10-19-11-4-5-16(14-19)18-23(20,21)13-12-22-17-8-6-15(2)7-9-17/h6-9,16,18H,3-5,10-14H2,1-2H3/t16-/m1/s1. The number of nitrogens with one attached hydrogen (secondary N) is 1. The first-order valence-corrected chi connectivity index (χ1v) is 10.1. The molecule has 1 N–H and O–H groups in total. The van der Waals surface area contributed by atoms with Crippen molar-refractivity contribution in [2.24, 2.45) is 0 Å². The molecule has 0 spiro atoms. The fourth-order valence-corrected chi connectivity index (χ4v) is 4.01. The molecule has 0 amide bonds. The third-order valence-electron chi connectivity index (χ3n) is 4.03. The normalized spacial score (nSPS) is 19.7. The number of benzene rings is 1. The molecular formula is C17H28N2O3S. The number of sulfonamides is 1. The Morgan fingerprint density at radius 2 is 2.04 bits per heavy atom. The Morgan fingerprint density at radius 3 is 2.74 bits per heavy atom. The molecule has 23 heavy (non-hydrogen) atoms. The Balaban J connectivity index is 1.76. The minimum absolute atomic E-state index is 0.00878. The van der Waals surface area contributed by atoms with Crippen molar-refractivity contribution < 1.29 is 13.2 Å². The van der Waals surface area contributed by atoms with Gasteiger partial charge in [0.2, 0.25) is 10.0 Å². The lowest BCUT2D eigenvalue weighted by molar-refractivity contribution is 0.202. The van der Waals surface area contributed by atoms with E-state index in [1.807, 2.05) is 31.2 Å². The molecule has 1 aliphatic rings. The van der Waals surface area contributed by atoms with E-state index in [0.717, 1.165) is 44.5 Å². The lowest BCUT2D eigenvalue weighted by Gasteiger charge is -2.32. The second-order valence-electron chi connectivity index (χ2n) is 6.24. The van der Waals surface area contributed by atoms with Gasteiger partial charge in [-0.15, -0.1) is 0 Å². The summed E-state index contributed by atoms with van der Waals surface area (Å²) in [5.74, 6) is 0.697. The fraction of sp³-hybridized carbons (Fsp3) is 0.647. The molecule has 1 atom stereocenters. The number of hydrogen-bond donors (Lipinski definition) is 1. The third-order valence-corrected chi connectivity index (χ3v) is 5.43. The van der Waals surface area contributed by atoms with E-state index in [2.05, 4.69) is 16.5 Å². The average Bonchev–Trinajstić information content (AvgIpc) is 2.49. The van der Waals surface area contributed by atoms with E-state index in [-0.39, 0.29) is 18.4 Å². The van der Waals surface area contributed by atoms with Crippen molar-refractivity contribution in [2.75, 3.05) is 32.0 Å². The molecule has 1 aromatic carbocycles. The Labute approximate surface area is 140 Å². The van der Waals surface area contributed by atoms with Gasteiger partial charge >= 0.3 is 0 Å². The van der Waals surface area contributed by atoms with Gasteiger partial charge < -0.3 is 9.64 Å². The van der Waals surface area contributed by atoms with Gasteiger partial charge in [-0.3, -0.25) is 0 Å². The fourth-order valence-electron chi connectivity index (χ4n) is 2.89. The number of hydrogen-bond acceptors (Lipinski definition) is 4. The second kappa shape index (κ2) is 8.66. The molecule has 1 aromatic rings. The van der Waals surface area contributed by atoms with Crippen molar-refractivity contribution >= 4 is 10.0 Å². The number of piperidine rings is 1. The predicted octanol–water partition coefficient (Wildman–Crippen LogP) is 2.17. The lowest BCUT2D eigenvalue weighted by atomic mass is 10.1. The van der Waals surface area contributed by atoms with E-state index >= 15 is 0 Å². The minimum atomic E-state index is -3.30. The zero-order valence-electron chi connectivity index (χ0n) is 14.1. The maximum Gasteiger partial charge on any atom is 0.215 e. The Morgan fingerprint density at radius 1 is 1.30 bits per heavy atom. The molecule has 0 radical (unpaired) electrons. The molecule has 5 nitrogen and oxygen atoms in total. The van der Waals surface area contributed by atoms with Crippen LogP contribution in [-0.4, -0.2) is 51.4 Å². The van der Waals surface area contributed by atoms with Crippen molar-refractivity contribution in [3.8, 4) is 5.75 Å². The summed E-state index contributed by atoms with van der Waals surface area (Å²) in [6, 6.07) is 7.65. The first-order chi connectivity index (χ1) is 11.0. The molecule has 6 heteroatoms. The van der Waals surface area contributed by atoms with E-state index < -0.39 is 10.0 Å². The number of rotatable bonds is 8. The quantitative estimate of drug-likeness (QED) is 0.788. The number of ether oxygens (including phenoxy) is 1. The highest BCUT2D eigenvalue weighted by Gasteiger charge is 2.23. The Kier molecular flexibility index (Phi) is 6.87. The highest BCUT2D eigenvalue weighted by atomic mass is 32.2. The van der Waals surface area contributed by atoms with Crippen LogP contribution in [0.15, 0.2) is 24.3 Å². The van der Waals surface area contributed by atoms with Crippen LogP contribution in [0.25, 0.3) is 0 Å². The van der Waals surface area contributed by atoms with Gasteiger partial charge in [0.05, 0.1) is 5.75 Å². The van der Waals surface area contributed by atoms with Gasteiger partial charge in [-0.25, -0.2) is 13.1 Å². The molecule has 2 rings (SSSR count). The SMILES string of the molecule is CCCN1CCC[C@@H](NS(=O)(=O)CCOc2ccc(C)cc2)C1. The van der Waals surface area contributed by atoms with Crippen molar-refractivity contribution in [3.05, 3.63) is 29.8 Å². The third kappa shape index (κ3) is 6.49. The molecule has 1 saturated heterocycles. The molecule has 1 heterocycles. The summed E-state index contributed by atoms with van der Waals surface area (Å²) in [7, 11) is -3.30. The predicted molar refractivity (Wildman–Crippen MR) is 93.3 cm³/mol. The Bertz CT molecular complexity index is 570. The molecule has 0 bridgehead atoms. The summed E-state index contributed by atoms with van der Waals surface area (Å²) in [4.78, 5) is 2.33. The topological polar surface area (TPSA) is 58.6 Å². The van der Waals surface area contributed by atoms with E-state index in [1.165, 1.54) is 0 Å². The van der Waals surface area contributed by atoms with Crippen LogP contribution in [0.4, 0.5) is 0 Å². The van der Waals surface area contributed by atoms with Crippen LogP contribution in [0.5, 0.6) is 5.75 Å². The van der Waals surface area contributed by atoms with Crippen LogP contribution in [0, 0.1) is 6.92 Å². The van der Waals surface area contributed by atoms with Gasteiger partial charge in [0.25, 0.3) is 0 Å². The summed E-state index contributed by atoms with van der Waals surface area (Å²) in [6.45, 7) is 7.24. The van der Waals surface area contributed by atoms with Crippen molar-refractivity contribution in [1.29, 1.82) is 0 Å². The number of likely N-dealkylation sites (tertiary alicyclic amines) is 1. The first kappa shape index (κ1) is 18.2. The molecule has 1 fully saturated rings. The van der Waals surface area contributed by atoms with E-state index in [0.29, 0.717) is 5.75 Å². The van der Waals surface area contributed by atoms with Crippen molar-refractivity contribution in [1.82, 2.24) is 9.62 Å². The van der Waals surface area contributed by atoms with Crippen molar-refractivity contribution in [2.45, 2.75) is 39.2 Å². The largest absolute Gasteiger partial charge is 0.492 e. The van der Waals surface area contributed by atoms with Crippen LogP contribution < -0.4 is 9.46 Å². The Hall–Kier alpha value is -1.11. The summed E-state index contributed by atoms with van der Waals surface area (Å²) in [5.41, 5.74) is 1.15. The van der Waals surface area contributed by atoms with Crippen LogP contribution in [-0.2, 0) is 10.0 Å². The van der Waals surface area contributed by atoms with Crippen LogP contribution in [0.3, 0.4) is 0 Å². The monoisotopic (exact) mass is 340 g/mol. The van der Waals surface area contributed by atoms with Crippen LogP contribution >= 0.6 is 0 Å². The molecule has 1 aliphatic heterocycles. The molecule has 0 aliphatic carbocycles. The smallest absolute Gasteiger partial charge is 0.215 e. The molecule has 0 saturated carbocycles. The van der Waals surface area contributed by atoms with E-state index in [4.69, 9.17) is 4.74 Å². The van der Waals surface area contributed by atoms with Gasteiger partial charge in [-0.2, -0.15) is 0 Å². The zero-order chi connectivity index (χ0) is 16.7.